The van der Waals surface area contributed by atoms with Gasteiger partial charge in [-0.1, -0.05) is 29.3 Å². The van der Waals surface area contributed by atoms with E-state index in [-0.39, 0.29) is 23.7 Å². The van der Waals surface area contributed by atoms with Crippen LogP contribution in [0, 0.1) is 12.8 Å². The molecular weight excluding hydrogens is 527 g/mol. The quantitative estimate of drug-likeness (QED) is 0.275. The van der Waals surface area contributed by atoms with Gasteiger partial charge in [-0.3, -0.25) is 4.31 Å². The largest absolute Gasteiger partial charge is 0.448 e. The van der Waals surface area contributed by atoms with Gasteiger partial charge in [-0.2, -0.15) is 0 Å². The Hall–Kier alpha value is -3.23. The SMILES string of the molecule is C#C.O=C(NCCCn1ccnc1)OCCN(c1cc(Cl)ccc1CO)S(=O)(=O)c1ccc(Cl)cc1. The lowest BCUT2D eigenvalue weighted by molar-refractivity contribution is 0.149. The van der Waals surface area contributed by atoms with Gasteiger partial charge in [-0.15, -0.1) is 12.8 Å². The average molecular weight is 553 g/mol. The first kappa shape index (κ1) is 29.0. The minimum Gasteiger partial charge on any atom is -0.448 e. The van der Waals surface area contributed by atoms with E-state index in [1.807, 2.05) is 10.8 Å². The highest BCUT2D eigenvalue weighted by Crippen LogP contribution is 2.30. The van der Waals surface area contributed by atoms with Gasteiger partial charge in [-0.05, 0) is 42.8 Å². The first-order valence-electron chi connectivity index (χ1n) is 10.7. The Morgan fingerprint density at radius 3 is 2.47 bits per heavy atom. The number of aromatic nitrogens is 2. The van der Waals surface area contributed by atoms with Crippen LogP contribution in [0.5, 0.6) is 0 Å². The van der Waals surface area contributed by atoms with Crippen molar-refractivity contribution in [1.82, 2.24) is 14.9 Å². The van der Waals surface area contributed by atoms with Gasteiger partial charge in [0.05, 0.1) is 30.1 Å². The number of alkyl carbamates (subject to hydrolysis) is 1. The van der Waals surface area contributed by atoms with Crippen LogP contribution in [-0.4, -0.2) is 48.9 Å². The number of terminal acetylenes is 1. The number of aliphatic hydroxyl groups is 1. The monoisotopic (exact) mass is 552 g/mol. The lowest BCUT2D eigenvalue weighted by atomic mass is 10.2. The van der Waals surface area contributed by atoms with Crippen LogP contribution in [0.1, 0.15) is 12.0 Å². The Balaban J connectivity index is 0.00000222. The van der Waals surface area contributed by atoms with Crippen molar-refractivity contribution in [1.29, 1.82) is 0 Å². The molecule has 0 aliphatic heterocycles. The number of nitrogens with zero attached hydrogens (tertiary/aromatic N) is 3. The van der Waals surface area contributed by atoms with E-state index in [0.717, 1.165) is 4.31 Å². The number of ether oxygens (including phenoxy) is 1. The van der Waals surface area contributed by atoms with E-state index in [1.165, 1.54) is 36.4 Å². The fraction of sp³-hybridized carbons (Fsp3) is 0.250. The standard InChI is InChI=1S/C22H24Cl2N4O5S.C2H2/c23-18-4-6-20(7-5-18)34(31,32)28(21-14-19(24)3-2-17(21)15-29)12-13-33-22(30)26-8-1-10-27-11-9-25-16-27;1-2/h2-7,9,11,14,16,29H,1,8,10,12-13,15H2,(H,26,30);1-2H. The Morgan fingerprint density at radius 1 is 1.14 bits per heavy atom. The molecule has 192 valence electrons. The summed E-state index contributed by atoms with van der Waals surface area (Å²) in [6.07, 6.45) is 13.2. The summed E-state index contributed by atoms with van der Waals surface area (Å²) in [6.45, 7) is 0.245. The fourth-order valence-electron chi connectivity index (χ4n) is 3.15. The summed E-state index contributed by atoms with van der Waals surface area (Å²) >= 11 is 12.0. The molecule has 1 amide bonds. The molecule has 0 saturated carbocycles. The maximum atomic E-state index is 13.4. The molecule has 0 saturated heterocycles. The maximum Gasteiger partial charge on any atom is 0.407 e. The Labute approximate surface area is 220 Å². The van der Waals surface area contributed by atoms with Crippen molar-refractivity contribution in [3.63, 3.8) is 0 Å². The third kappa shape index (κ3) is 8.17. The van der Waals surface area contributed by atoms with Gasteiger partial charge in [0, 0.05) is 41.1 Å². The van der Waals surface area contributed by atoms with E-state index in [0.29, 0.717) is 35.1 Å². The van der Waals surface area contributed by atoms with E-state index >= 15 is 0 Å². The first-order chi connectivity index (χ1) is 17.3. The summed E-state index contributed by atoms with van der Waals surface area (Å²) in [6, 6.07) is 10.2. The number of halogens is 2. The number of benzene rings is 2. The predicted octanol–water partition coefficient (Wildman–Crippen LogP) is 3.94. The molecule has 0 spiro atoms. The molecule has 0 aliphatic carbocycles. The van der Waals surface area contributed by atoms with Gasteiger partial charge in [-0.25, -0.2) is 18.2 Å². The molecule has 3 rings (SSSR count). The lowest BCUT2D eigenvalue weighted by Crippen LogP contribution is -2.36. The number of aliphatic hydroxyl groups excluding tert-OH is 1. The van der Waals surface area contributed by atoms with Crippen molar-refractivity contribution in [3.05, 3.63) is 76.8 Å². The third-order valence-corrected chi connectivity index (χ3v) is 7.15. The van der Waals surface area contributed by atoms with E-state index < -0.39 is 22.7 Å². The van der Waals surface area contributed by atoms with Crippen molar-refractivity contribution in [2.24, 2.45) is 0 Å². The van der Waals surface area contributed by atoms with Gasteiger partial charge < -0.3 is 19.7 Å². The van der Waals surface area contributed by atoms with Crippen LogP contribution in [0.15, 0.2) is 66.1 Å². The molecule has 0 radical (unpaired) electrons. The summed E-state index contributed by atoms with van der Waals surface area (Å²) in [5, 5.41) is 13.1. The molecule has 0 unspecified atom stereocenters. The van der Waals surface area contributed by atoms with Gasteiger partial charge in [0.1, 0.15) is 6.61 Å². The smallest absolute Gasteiger partial charge is 0.407 e. The van der Waals surface area contributed by atoms with Crippen LogP contribution in [0.3, 0.4) is 0 Å². The number of rotatable bonds is 11. The molecule has 3 aromatic rings. The van der Waals surface area contributed by atoms with Crippen LogP contribution in [0.25, 0.3) is 0 Å². The zero-order valence-corrected chi connectivity index (χ0v) is 21.6. The van der Waals surface area contributed by atoms with Crippen LogP contribution < -0.4 is 9.62 Å². The Kier molecular flexibility index (Phi) is 11.6. The normalized spacial score (nSPS) is 10.7. The molecule has 12 heteroatoms. The average Bonchev–Trinajstić information content (AvgIpc) is 3.39. The van der Waals surface area contributed by atoms with E-state index in [4.69, 9.17) is 27.9 Å². The zero-order valence-electron chi connectivity index (χ0n) is 19.3. The molecular formula is C24H26Cl2N4O5S. The number of anilines is 1. The minimum absolute atomic E-state index is 0.00952. The summed E-state index contributed by atoms with van der Waals surface area (Å²) in [4.78, 5) is 16.0. The van der Waals surface area contributed by atoms with Crippen LogP contribution in [0.2, 0.25) is 10.0 Å². The zero-order chi connectivity index (χ0) is 26.6. The molecule has 1 aromatic heterocycles. The van der Waals surface area contributed by atoms with Gasteiger partial charge in [0.15, 0.2) is 0 Å². The molecule has 2 N–H and O–H groups in total. The number of nitrogens with one attached hydrogen (secondary N) is 1. The van der Waals surface area contributed by atoms with Crippen LogP contribution >= 0.6 is 23.2 Å². The summed E-state index contributed by atoms with van der Waals surface area (Å²) in [7, 11) is -4.08. The number of hydrogen-bond donors (Lipinski definition) is 2. The van der Waals surface area contributed by atoms with E-state index in [1.54, 1.807) is 18.6 Å². The highest BCUT2D eigenvalue weighted by atomic mass is 35.5. The van der Waals surface area contributed by atoms with Crippen molar-refractivity contribution >= 4 is 45.0 Å². The molecule has 0 bridgehead atoms. The highest BCUT2D eigenvalue weighted by Gasteiger charge is 2.27. The molecule has 9 nitrogen and oxygen atoms in total. The highest BCUT2D eigenvalue weighted by molar-refractivity contribution is 7.92. The van der Waals surface area contributed by atoms with Crippen molar-refractivity contribution in [3.8, 4) is 12.8 Å². The number of aryl methyl sites for hydroxylation is 1. The number of carbonyl (C=O) groups is 1. The summed E-state index contributed by atoms with van der Waals surface area (Å²) < 4.78 is 35.0. The fourth-order valence-corrected chi connectivity index (χ4v) is 4.92. The van der Waals surface area contributed by atoms with Crippen molar-refractivity contribution in [2.75, 3.05) is 24.0 Å². The summed E-state index contributed by atoms with van der Waals surface area (Å²) in [5.41, 5.74) is 0.542. The Bertz CT molecular complexity index is 1230. The number of hydrogen-bond acceptors (Lipinski definition) is 6. The molecule has 1 heterocycles. The lowest BCUT2D eigenvalue weighted by Gasteiger charge is -2.26. The number of carbonyl (C=O) groups excluding carboxylic acids is 1. The molecule has 2 aromatic carbocycles. The van der Waals surface area contributed by atoms with Crippen molar-refractivity contribution in [2.45, 2.75) is 24.5 Å². The predicted molar refractivity (Wildman–Crippen MR) is 139 cm³/mol. The second-order valence-electron chi connectivity index (χ2n) is 7.18. The topological polar surface area (TPSA) is 114 Å². The van der Waals surface area contributed by atoms with Gasteiger partial charge >= 0.3 is 6.09 Å². The van der Waals surface area contributed by atoms with Crippen LogP contribution in [0.4, 0.5) is 10.5 Å². The second-order valence-corrected chi connectivity index (χ2v) is 9.91. The van der Waals surface area contributed by atoms with E-state index in [2.05, 4.69) is 23.1 Å². The second kappa shape index (κ2) is 14.4. The molecule has 0 atom stereocenters. The minimum atomic E-state index is -4.08. The molecule has 36 heavy (non-hydrogen) atoms. The molecule has 0 fully saturated rings. The number of sulfonamides is 1. The molecule has 0 aliphatic rings. The van der Waals surface area contributed by atoms with E-state index in [9.17, 15) is 18.3 Å². The maximum absolute atomic E-state index is 13.4. The van der Waals surface area contributed by atoms with Crippen LogP contribution in [-0.2, 0) is 27.9 Å². The third-order valence-electron chi connectivity index (χ3n) is 4.84. The first-order valence-corrected chi connectivity index (χ1v) is 12.9. The van der Waals surface area contributed by atoms with Gasteiger partial charge in [0.25, 0.3) is 10.0 Å². The Morgan fingerprint density at radius 2 is 1.83 bits per heavy atom. The number of imidazole rings is 1. The summed E-state index contributed by atoms with van der Waals surface area (Å²) in [5.74, 6) is 0. The van der Waals surface area contributed by atoms with Crippen molar-refractivity contribution < 1.29 is 23.1 Å². The van der Waals surface area contributed by atoms with Gasteiger partial charge in [0.2, 0.25) is 0 Å². The number of amides is 1.